The first-order valence-corrected chi connectivity index (χ1v) is 8.71. The average molecular weight is 340 g/mol. The lowest BCUT2D eigenvalue weighted by Gasteiger charge is -2.32. The number of rotatable bonds is 6. The zero-order valence-corrected chi connectivity index (χ0v) is 14.8. The fraction of sp³-hybridized carbons (Fsp3) is 0.824. The lowest BCUT2D eigenvalue weighted by atomic mass is 9.95. The van der Waals surface area contributed by atoms with Gasteiger partial charge in [0.15, 0.2) is 0 Å². The van der Waals surface area contributed by atoms with Crippen molar-refractivity contribution < 1.29 is 23.9 Å². The molecule has 0 N–H and O–H groups in total. The van der Waals surface area contributed by atoms with Crippen molar-refractivity contribution in [1.82, 2.24) is 9.80 Å². The molecule has 24 heavy (non-hydrogen) atoms. The first kappa shape index (κ1) is 18.7. The van der Waals surface area contributed by atoms with Gasteiger partial charge in [0.1, 0.15) is 0 Å². The third-order valence-corrected chi connectivity index (χ3v) is 4.87. The predicted molar refractivity (Wildman–Crippen MR) is 87.1 cm³/mol. The quantitative estimate of drug-likeness (QED) is 0.664. The lowest BCUT2D eigenvalue weighted by Crippen LogP contribution is -2.44. The van der Waals surface area contributed by atoms with Gasteiger partial charge < -0.3 is 19.3 Å². The summed E-state index contributed by atoms with van der Waals surface area (Å²) < 4.78 is 10.1. The van der Waals surface area contributed by atoms with Gasteiger partial charge in [-0.15, -0.1) is 0 Å². The summed E-state index contributed by atoms with van der Waals surface area (Å²) in [6.07, 6.45) is 1.54. The molecule has 0 unspecified atom stereocenters. The average Bonchev–Trinajstić information content (AvgIpc) is 2.96. The Morgan fingerprint density at radius 1 is 1.25 bits per heavy atom. The number of esters is 1. The van der Waals surface area contributed by atoms with Crippen molar-refractivity contribution in [3.63, 3.8) is 0 Å². The minimum absolute atomic E-state index is 0.0132. The van der Waals surface area contributed by atoms with Crippen molar-refractivity contribution in [1.29, 1.82) is 0 Å². The first-order valence-electron chi connectivity index (χ1n) is 8.71. The summed E-state index contributed by atoms with van der Waals surface area (Å²) >= 11 is 0. The molecule has 7 nitrogen and oxygen atoms in total. The molecule has 2 atom stereocenters. The molecule has 2 heterocycles. The molecule has 0 radical (unpaired) electrons. The summed E-state index contributed by atoms with van der Waals surface area (Å²) in [7, 11) is 1.60. The van der Waals surface area contributed by atoms with Gasteiger partial charge in [-0.05, 0) is 26.7 Å². The molecule has 0 aromatic carbocycles. The van der Waals surface area contributed by atoms with E-state index in [2.05, 4.69) is 0 Å². The molecule has 0 bridgehead atoms. The maximum Gasteiger partial charge on any atom is 0.309 e. The number of carbonyl (C=O) groups is 3. The second kappa shape index (κ2) is 8.46. The van der Waals surface area contributed by atoms with Crippen molar-refractivity contribution in [3.05, 3.63) is 0 Å². The van der Waals surface area contributed by atoms with E-state index in [0.717, 1.165) is 0 Å². The van der Waals surface area contributed by atoms with E-state index in [1.165, 1.54) is 0 Å². The molecule has 7 heteroatoms. The number of likely N-dealkylation sites (tertiary alicyclic amines) is 2. The fourth-order valence-electron chi connectivity index (χ4n) is 3.51. The van der Waals surface area contributed by atoms with E-state index >= 15 is 0 Å². The number of piperidine rings is 1. The summed E-state index contributed by atoms with van der Waals surface area (Å²) in [5, 5.41) is 0. The molecule has 2 rings (SSSR count). The molecule has 2 aliphatic rings. The van der Waals surface area contributed by atoms with Crippen molar-refractivity contribution >= 4 is 17.8 Å². The Kier molecular flexibility index (Phi) is 6.60. The second-order valence-electron chi connectivity index (χ2n) is 6.60. The van der Waals surface area contributed by atoms with E-state index in [9.17, 15) is 14.4 Å². The highest BCUT2D eigenvalue weighted by Gasteiger charge is 2.39. The highest BCUT2D eigenvalue weighted by Crippen LogP contribution is 2.25. The third kappa shape index (κ3) is 4.26. The molecule has 2 aliphatic heterocycles. The van der Waals surface area contributed by atoms with Crippen molar-refractivity contribution in [2.24, 2.45) is 11.8 Å². The molecule has 2 fully saturated rings. The molecule has 0 saturated carbocycles. The molecule has 0 spiro atoms. The zero-order valence-electron chi connectivity index (χ0n) is 14.8. The van der Waals surface area contributed by atoms with E-state index in [-0.39, 0.29) is 42.1 Å². The van der Waals surface area contributed by atoms with Crippen LogP contribution in [0.3, 0.4) is 0 Å². The van der Waals surface area contributed by atoms with Crippen LogP contribution in [0.1, 0.15) is 33.1 Å². The van der Waals surface area contributed by atoms with Gasteiger partial charge in [-0.1, -0.05) is 0 Å². The Bertz CT molecular complexity index is 474. The molecule has 136 valence electrons. The van der Waals surface area contributed by atoms with Crippen LogP contribution in [0.15, 0.2) is 0 Å². The standard InChI is InChI=1S/C17H28N2O5/c1-4-24-17(22)13-5-7-18(8-6-13)16(21)14-9-15(20)19(10-14)12(2)11-23-3/h12-14H,4-11H2,1-3H3/t12-,14-/m0/s1. The fourth-order valence-corrected chi connectivity index (χ4v) is 3.51. The van der Waals surface area contributed by atoms with Crippen LogP contribution in [-0.4, -0.2) is 73.6 Å². The summed E-state index contributed by atoms with van der Waals surface area (Å²) in [5.74, 6) is -0.523. The number of nitrogens with zero attached hydrogens (tertiary/aromatic N) is 2. The summed E-state index contributed by atoms with van der Waals surface area (Å²) in [6, 6.07) is -0.0187. The number of hydrogen-bond acceptors (Lipinski definition) is 5. The second-order valence-corrected chi connectivity index (χ2v) is 6.60. The van der Waals surface area contributed by atoms with Crippen molar-refractivity contribution in [2.45, 2.75) is 39.2 Å². The Morgan fingerprint density at radius 3 is 2.50 bits per heavy atom. The minimum Gasteiger partial charge on any atom is -0.466 e. The SMILES string of the molecule is CCOC(=O)C1CCN(C(=O)[C@H]2CC(=O)N([C@@H](C)COC)C2)CC1. The van der Waals surface area contributed by atoms with E-state index in [0.29, 0.717) is 45.7 Å². The van der Waals surface area contributed by atoms with Gasteiger partial charge >= 0.3 is 5.97 Å². The molecular weight excluding hydrogens is 312 g/mol. The van der Waals surface area contributed by atoms with Crippen LogP contribution in [0.4, 0.5) is 0 Å². The van der Waals surface area contributed by atoms with E-state index in [4.69, 9.17) is 9.47 Å². The van der Waals surface area contributed by atoms with Crippen LogP contribution in [0.2, 0.25) is 0 Å². The first-order chi connectivity index (χ1) is 11.5. The largest absolute Gasteiger partial charge is 0.466 e. The van der Waals surface area contributed by atoms with Gasteiger partial charge in [-0.2, -0.15) is 0 Å². The van der Waals surface area contributed by atoms with Gasteiger partial charge in [0.25, 0.3) is 0 Å². The van der Waals surface area contributed by atoms with E-state index < -0.39 is 0 Å². The highest BCUT2D eigenvalue weighted by atomic mass is 16.5. The molecule has 0 aromatic rings. The van der Waals surface area contributed by atoms with Crippen LogP contribution in [0, 0.1) is 11.8 Å². The van der Waals surface area contributed by atoms with Gasteiger partial charge in [-0.3, -0.25) is 14.4 Å². The maximum absolute atomic E-state index is 12.7. The Hall–Kier alpha value is -1.63. The van der Waals surface area contributed by atoms with E-state index in [1.807, 2.05) is 6.92 Å². The van der Waals surface area contributed by atoms with Gasteiger partial charge in [0, 0.05) is 33.2 Å². The molecule has 0 aromatic heterocycles. The minimum atomic E-state index is -0.282. The third-order valence-electron chi connectivity index (χ3n) is 4.87. The zero-order chi connectivity index (χ0) is 17.7. The predicted octanol–water partition coefficient (Wildman–Crippen LogP) is 0.672. The van der Waals surface area contributed by atoms with E-state index in [1.54, 1.807) is 23.8 Å². The summed E-state index contributed by atoms with van der Waals surface area (Å²) in [4.78, 5) is 40.1. The smallest absolute Gasteiger partial charge is 0.309 e. The number of ether oxygens (including phenoxy) is 2. The van der Waals surface area contributed by atoms with Crippen LogP contribution in [0.25, 0.3) is 0 Å². The Balaban J connectivity index is 1.85. The Morgan fingerprint density at radius 2 is 1.92 bits per heavy atom. The topological polar surface area (TPSA) is 76.2 Å². The molecule has 0 aliphatic carbocycles. The normalized spacial score (nSPS) is 23.5. The van der Waals surface area contributed by atoms with Crippen LogP contribution in [0.5, 0.6) is 0 Å². The maximum atomic E-state index is 12.7. The number of amides is 2. The van der Waals surface area contributed by atoms with Crippen LogP contribution in [-0.2, 0) is 23.9 Å². The van der Waals surface area contributed by atoms with Crippen molar-refractivity contribution in [3.8, 4) is 0 Å². The van der Waals surface area contributed by atoms with Gasteiger partial charge in [0.2, 0.25) is 11.8 Å². The number of hydrogen-bond donors (Lipinski definition) is 0. The highest BCUT2D eigenvalue weighted by molar-refractivity contribution is 5.89. The Labute approximate surface area is 143 Å². The summed E-state index contributed by atoms with van der Waals surface area (Å²) in [6.45, 7) is 6.15. The lowest BCUT2D eigenvalue weighted by molar-refractivity contribution is -0.151. The molecule has 2 amide bonds. The van der Waals surface area contributed by atoms with Gasteiger partial charge in [0.05, 0.1) is 31.1 Å². The molecular formula is C17H28N2O5. The number of carbonyl (C=O) groups excluding carboxylic acids is 3. The van der Waals surface area contributed by atoms with Crippen molar-refractivity contribution in [2.75, 3.05) is 40.0 Å². The summed E-state index contributed by atoms with van der Waals surface area (Å²) in [5.41, 5.74) is 0. The number of methoxy groups -OCH3 is 1. The molecule has 2 saturated heterocycles. The van der Waals surface area contributed by atoms with Crippen LogP contribution < -0.4 is 0 Å². The van der Waals surface area contributed by atoms with Gasteiger partial charge in [-0.25, -0.2) is 0 Å². The monoisotopic (exact) mass is 340 g/mol. The van der Waals surface area contributed by atoms with Crippen LogP contribution >= 0.6 is 0 Å².